The average molecular weight is 408 g/mol. The molecule has 0 atom stereocenters. The van der Waals surface area contributed by atoms with Gasteiger partial charge in [0.1, 0.15) is 5.69 Å². The lowest BCUT2D eigenvalue weighted by Gasteiger charge is -2.28. The molecular formula is C23H29N5O2. The summed E-state index contributed by atoms with van der Waals surface area (Å²) >= 11 is 0. The van der Waals surface area contributed by atoms with Crippen LogP contribution in [-0.2, 0) is 19.5 Å². The second-order valence-corrected chi connectivity index (χ2v) is 8.74. The Hall–Kier alpha value is -2.67. The maximum atomic E-state index is 12.6. The Labute approximate surface area is 177 Å². The molecule has 2 aliphatic heterocycles. The molecule has 30 heavy (non-hydrogen) atoms. The molecule has 1 fully saturated rings. The number of nitrogens with one attached hydrogen (secondary N) is 1. The van der Waals surface area contributed by atoms with E-state index in [1.54, 1.807) is 6.20 Å². The van der Waals surface area contributed by atoms with E-state index in [1.165, 1.54) is 24.0 Å². The van der Waals surface area contributed by atoms with Crippen LogP contribution >= 0.6 is 0 Å². The Kier molecular flexibility index (Phi) is 5.29. The monoisotopic (exact) mass is 407 g/mol. The quantitative estimate of drug-likeness (QED) is 0.712. The molecule has 0 radical (unpaired) electrons. The van der Waals surface area contributed by atoms with E-state index in [9.17, 15) is 9.59 Å². The average Bonchev–Trinajstić information content (AvgIpc) is 3.47. The topological polar surface area (TPSA) is 70.5 Å². The number of hydrogen-bond acceptors (Lipinski definition) is 4. The molecule has 1 N–H and O–H groups in total. The minimum Gasteiger partial charge on any atom is -0.351 e. The molecule has 158 valence electrons. The Bertz CT molecular complexity index is 949. The Morgan fingerprint density at radius 1 is 1.13 bits per heavy atom. The maximum absolute atomic E-state index is 12.6. The summed E-state index contributed by atoms with van der Waals surface area (Å²) in [6.07, 6.45) is 6.15. The number of fused-ring (bicyclic) bond motifs is 2. The standard InChI is InChI=1S/C23H29N5O2/c29-22(24-9-3-10-26-11-8-18-4-1-2-5-19(18)15-26)20-16-27-12-13-28(14-17-6-7-17)23(30)21(27)25-20/h1-2,4-5,16-17H,3,6-15H2,(H,24,29). The van der Waals surface area contributed by atoms with Gasteiger partial charge in [0.2, 0.25) is 0 Å². The zero-order chi connectivity index (χ0) is 20.5. The summed E-state index contributed by atoms with van der Waals surface area (Å²) in [7, 11) is 0. The van der Waals surface area contributed by atoms with Crippen molar-refractivity contribution in [1.29, 1.82) is 0 Å². The van der Waals surface area contributed by atoms with Crippen LogP contribution in [0.5, 0.6) is 0 Å². The number of rotatable bonds is 7. The Morgan fingerprint density at radius 2 is 1.97 bits per heavy atom. The molecular weight excluding hydrogens is 378 g/mol. The van der Waals surface area contributed by atoms with E-state index in [2.05, 4.69) is 39.5 Å². The number of carbonyl (C=O) groups excluding carboxylic acids is 2. The van der Waals surface area contributed by atoms with Crippen LogP contribution in [0.1, 0.15) is 51.5 Å². The highest BCUT2D eigenvalue weighted by Crippen LogP contribution is 2.30. The van der Waals surface area contributed by atoms with Gasteiger partial charge >= 0.3 is 0 Å². The highest BCUT2D eigenvalue weighted by Gasteiger charge is 2.32. The molecule has 0 unspecified atom stereocenters. The molecule has 0 bridgehead atoms. The minimum absolute atomic E-state index is 0.0439. The van der Waals surface area contributed by atoms with Gasteiger partial charge in [0.25, 0.3) is 11.8 Å². The van der Waals surface area contributed by atoms with Gasteiger partial charge in [0.15, 0.2) is 5.82 Å². The highest BCUT2D eigenvalue weighted by molar-refractivity contribution is 5.96. The van der Waals surface area contributed by atoms with E-state index in [-0.39, 0.29) is 11.8 Å². The van der Waals surface area contributed by atoms with Gasteiger partial charge < -0.3 is 14.8 Å². The third-order valence-corrected chi connectivity index (χ3v) is 6.42. The van der Waals surface area contributed by atoms with E-state index < -0.39 is 0 Å². The van der Waals surface area contributed by atoms with E-state index in [0.717, 1.165) is 39.0 Å². The molecule has 1 saturated carbocycles. The molecule has 1 aromatic carbocycles. The molecule has 3 aliphatic rings. The molecule has 5 rings (SSSR count). The molecule has 1 aliphatic carbocycles. The fraction of sp³-hybridized carbons (Fsp3) is 0.522. The van der Waals surface area contributed by atoms with Crippen LogP contribution in [0.25, 0.3) is 0 Å². The van der Waals surface area contributed by atoms with Crippen LogP contribution < -0.4 is 5.32 Å². The largest absolute Gasteiger partial charge is 0.351 e. The summed E-state index contributed by atoms with van der Waals surface area (Å²) in [6, 6.07) is 8.63. The van der Waals surface area contributed by atoms with Crippen molar-refractivity contribution in [3.63, 3.8) is 0 Å². The molecule has 2 aromatic rings. The summed E-state index contributed by atoms with van der Waals surface area (Å²) in [6.45, 7) is 5.87. The number of benzene rings is 1. The van der Waals surface area contributed by atoms with Gasteiger partial charge in [-0.1, -0.05) is 24.3 Å². The normalized spacial score (nSPS) is 18.8. The lowest BCUT2D eigenvalue weighted by atomic mass is 10.00. The summed E-state index contributed by atoms with van der Waals surface area (Å²) < 4.78 is 1.83. The van der Waals surface area contributed by atoms with Crippen LogP contribution in [0.3, 0.4) is 0 Å². The van der Waals surface area contributed by atoms with Crippen molar-refractivity contribution < 1.29 is 9.59 Å². The van der Waals surface area contributed by atoms with E-state index in [1.807, 2.05) is 9.47 Å². The van der Waals surface area contributed by atoms with Gasteiger partial charge in [-0.2, -0.15) is 0 Å². The molecule has 7 heteroatoms. The minimum atomic E-state index is -0.192. The van der Waals surface area contributed by atoms with E-state index in [4.69, 9.17) is 0 Å². The van der Waals surface area contributed by atoms with Crippen molar-refractivity contribution in [2.24, 2.45) is 5.92 Å². The van der Waals surface area contributed by atoms with Gasteiger partial charge in [0.05, 0.1) is 0 Å². The van der Waals surface area contributed by atoms with Crippen molar-refractivity contribution in [2.45, 2.75) is 38.8 Å². The number of carbonyl (C=O) groups is 2. The molecule has 3 heterocycles. The third kappa shape index (κ3) is 4.12. The lowest BCUT2D eigenvalue weighted by Crippen LogP contribution is -2.41. The van der Waals surface area contributed by atoms with E-state index in [0.29, 0.717) is 37.1 Å². The van der Waals surface area contributed by atoms with Crippen molar-refractivity contribution in [3.8, 4) is 0 Å². The zero-order valence-electron chi connectivity index (χ0n) is 17.3. The fourth-order valence-corrected chi connectivity index (χ4v) is 4.46. The first-order chi connectivity index (χ1) is 14.7. The molecule has 0 spiro atoms. The molecule has 2 amide bonds. The Balaban J connectivity index is 1.10. The van der Waals surface area contributed by atoms with Gasteiger partial charge in [-0.3, -0.25) is 14.5 Å². The van der Waals surface area contributed by atoms with Gasteiger partial charge in [-0.05, 0) is 42.7 Å². The fourth-order valence-electron chi connectivity index (χ4n) is 4.46. The first kappa shape index (κ1) is 19.3. The molecule has 1 aromatic heterocycles. The number of amides is 2. The lowest BCUT2D eigenvalue weighted by molar-refractivity contribution is 0.0688. The predicted octanol–water partition coefficient (Wildman–Crippen LogP) is 1.93. The first-order valence-electron chi connectivity index (χ1n) is 11.1. The second kappa shape index (κ2) is 8.22. The summed E-state index contributed by atoms with van der Waals surface area (Å²) in [5.74, 6) is 0.825. The summed E-state index contributed by atoms with van der Waals surface area (Å²) in [5.41, 5.74) is 3.21. The second-order valence-electron chi connectivity index (χ2n) is 8.74. The van der Waals surface area contributed by atoms with Crippen molar-refractivity contribution in [3.05, 3.63) is 53.1 Å². The van der Waals surface area contributed by atoms with Gasteiger partial charge in [-0.25, -0.2) is 4.98 Å². The zero-order valence-corrected chi connectivity index (χ0v) is 17.3. The number of aromatic nitrogens is 2. The highest BCUT2D eigenvalue weighted by atomic mass is 16.2. The van der Waals surface area contributed by atoms with Crippen LogP contribution in [-0.4, -0.2) is 63.9 Å². The molecule has 0 saturated heterocycles. The smallest absolute Gasteiger partial charge is 0.289 e. The van der Waals surface area contributed by atoms with Crippen molar-refractivity contribution >= 4 is 11.8 Å². The summed E-state index contributed by atoms with van der Waals surface area (Å²) in [4.78, 5) is 33.9. The summed E-state index contributed by atoms with van der Waals surface area (Å²) in [5, 5.41) is 2.97. The number of nitrogens with zero attached hydrogens (tertiary/aromatic N) is 4. The van der Waals surface area contributed by atoms with Gasteiger partial charge in [-0.15, -0.1) is 0 Å². The van der Waals surface area contributed by atoms with Crippen LogP contribution in [0, 0.1) is 5.92 Å². The van der Waals surface area contributed by atoms with Crippen molar-refractivity contribution in [1.82, 2.24) is 24.7 Å². The maximum Gasteiger partial charge on any atom is 0.289 e. The van der Waals surface area contributed by atoms with Crippen LogP contribution in [0.2, 0.25) is 0 Å². The Morgan fingerprint density at radius 3 is 2.80 bits per heavy atom. The number of hydrogen-bond donors (Lipinski definition) is 1. The van der Waals surface area contributed by atoms with Crippen LogP contribution in [0.4, 0.5) is 0 Å². The van der Waals surface area contributed by atoms with Crippen molar-refractivity contribution in [2.75, 3.05) is 32.7 Å². The van der Waals surface area contributed by atoms with E-state index >= 15 is 0 Å². The predicted molar refractivity (Wildman–Crippen MR) is 113 cm³/mol. The first-order valence-corrected chi connectivity index (χ1v) is 11.1. The number of imidazole rings is 1. The van der Waals surface area contributed by atoms with Crippen LogP contribution in [0.15, 0.2) is 30.5 Å². The third-order valence-electron chi connectivity index (χ3n) is 6.42. The van der Waals surface area contributed by atoms with Gasteiger partial charge in [0, 0.05) is 52.0 Å². The molecule has 7 nitrogen and oxygen atoms in total. The SMILES string of the molecule is O=C(NCCCN1CCc2ccccc2C1)c1cn2c(n1)C(=O)N(CC1CC1)CC2.